The lowest BCUT2D eigenvalue weighted by atomic mass is 10.0. The van der Waals surface area contributed by atoms with Crippen LogP contribution in [0, 0.1) is 5.82 Å². The number of nitrogens with zero attached hydrogens (tertiary/aromatic N) is 3. The Morgan fingerprint density at radius 2 is 2.28 bits per heavy atom. The number of carbonyl (C=O) groups excluding carboxylic acids is 1. The fourth-order valence-corrected chi connectivity index (χ4v) is 2.08. The molecule has 3 rings (SSSR count). The number of hydrogen-bond donors (Lipinski definition) is 0. The average molecular weight is 243 g/mol. The third kappa shape index (κ3) is 1.65. The molecule has 0 radical (unpaired) electrons. The third-order valence-corrected chi connectivity index (χ3v) is 3.25. The van der Waals surface area contributed by atoms with Crippen LogP contribution in [0.4, 0.5) is 4.39 Å². The molecule has 0 aliphatic heterocycles. The quantitative estimate of drug-likeness (QED) is 0.613. The maximum absolute atomic E-state index is 14.0. The van der Waals surface area contributed by atoms with E-state index in [1.165, 1.54) is 12.4 Å². The molecule has 1 saturated carbocycles. The number of aliphatic imine (C=N–C) groups is 1. The monoisotopic (exact) mass is 243 g/mol. The molecule has 1 aromatic heterocycles. The van der Waals surface area contributed by atoms with Gasteiger partial charge in [-0.05, 0) is 30.5 Å². The number of aromatic nitrogens is 2. The van der Waals surface area contributed by atoms with Crippen molar-refractivity contribution in [1.82, 2.24) is 9.55 Å². The van der Waals surface area contributed by atoms with Gasteiger partial charge >= 0.3 is 0 Å². The number of hydrogen-bond acceptors (Lipinski definition) is 3. The molecule has 1 aliphatic carbocycles. The SMILES string of the molecule is O=C=NC1(c2ccc(-n3ccnc3)c(F)c2)CC1. The van der Waals surface area contributed by atoms with Gasteiger partial charge in [-0.2, -0.15) is 4.99 Å². The lowest BCUT2D eigenvalue weighted by Crippen LogP contribution is -2.04. The summed E-state index contributed by atoms with van der Waals surface area (Å²) in [7, 11) is 0. The van der Waals surface area contributed by atoms with E-state index >= 15 is 0 Å². The topological polar surface area (TPSA) is 47.2 Å². The second kappa shape index (κ2) is 3.89. The van der Waals surface area contributed by atoms with E-state index < -0.39 is 5.54 Å². The predicted octanol–water partition coefficient (Wildman–Crippen LogP) is 2.34. The van der Waals surface area contributed by atoms with Gasteiger partial charge in [0.25, 0.3) is 0 Å². The summed E-state index contributed by atoms with van der Waals surface area (Å²) in [5, 5.41) is 0. The Labute approximate surface area is 103 Å². The molecule has 0 unspecified atom stereocenters. The Morgan fingerprint density at radius 3 is 2.83 bits per heavy atom. The molecule has 18 heavy (non-hydrogen) atoms. The van der Waals surface area contributed by atoms with Gasteiger partial charge in [-0.3, -0.25) is 0 Å². The molecule has 5 heteroatoms. The third-order valence-electron chi connectivity index (χ3n) is 3.25. The van der Waals surface area contributed by atoms with Crippen LogP contribution in [0.25, 0.3) is 5.69 Å². The van der Waals surface area contributed by atoms with Crippen molar-refractivity contribution in [1.29, 1.82) is 0 Å². The molecule has 4 nitrogen and oxygen atoms in total. The minimum Gasteiger partial charge on any atom is -0.303 e. The van der Waals surface area contributed by atoms with Gasteiger partial charge in [0, 0.05) is 12.4 Å². The van der Waals surface area contributed by atoms with Crippen LogP contribution in [0.1, 0.15) is 18.4 Å². The summed E-state index contributed by atoms with van der Waals surface area (Å²) in [5.41, 5.74) is 0.630. The summed E-state index contributed by atoms with van der Waals surface area (Å²) in [5.74, 6) is -0.349. The Balaban J connectivity index is 2.02. The van der Waals surface area contributed by atoms with Crippen LogP contribution < -0.4 is 0 Å². The Bertz CT molecular complexity index is 626. The van der Waals surface area contributed by atoms with Crippen molar-refractivity contribution in [2.24, 2.45) is 4.99 Å². The summed E-state index contributed by atoms with van der Waals surface area (Å²) in [6.45, 7) is 0. The molecule has 1 heterocycles. The fourth-order valence-electron chi connectivity index (χ4n) is 2.08. The highest BCUT2D eigenvalue weighted by molar-refractivity contribution is 5.44. The van der Waals surface area contributed by atoms with E-state index in [2.05, 4.69) is 9.98 Å². The molecule has 0 bridgehead atoms. The molecule has 0 saturated heterocycles. The minimum absolute atomic E-state index is 0.349. The van der Waals surface area contributed by atoms with Gasteiger partial charge in [-0.1, -0.05) is 6.07 Å². The first kappa shape index (κ1) is 10.9. The molecule has 0 N–H and O–H groups in total. The zero-order chi connectivity index (χ0) is 12.6. The van der Waals surface area contributed by atoms with Crippen LogP contribution in [0.5, 0.6) is 0 Å². The van der Waals surface area contributed by atoms with Crippen LogP contribution in [0.15, 0.2) is 41.9 Å². The van der Waals surface area contributed by atoms with Crippen LogP contribution in [-0.2, 0) is 10.3 Å². The number of isocyanates is 1. The molecule has 1 fully saturated rings. The maximum atomic E-state index is 14.0. The van der Waals surface area contributed by atoms with Gasteiger partial charge in [0.15, 0.2) is 0 Å². The summed E-state index contributed by atoms with van der Waals surface area (Å²) in [4.78, 5) is 18.0. The smallest absolute Gasteiger partial charge is 0.235 e. The van der Waals surface area contributed by atoms with E-state index in [0.717, 1.165) is 18.4 Å². The van der Waals surface area contributed by atoms with Crippen molar-refractivity contribution in [3.05, 3.63) is 48.3 Å². The molecule has 0 atom stereocenters. The standard InChI is InChI=1S/C13H10FN3O/c14-11-7-10(13(3-4-13)16-9-18)1-2-12(11)17-6-5-15-8-17/h1-2,5-8H,3-4H2. The normalized spacial score (nSPS) is 16.1. The molecule has 1 aromatic carbocycles. The summed E-state index contributed by atoms with van der Waals surface area (Å²) in [6.07, 6.45) is 7.91. The molecular weight excluding hydrogens is 233 g/mol. The number of halogens is 1. The highest BCUT2D eigenvalue weighted by atomic mass is 19.1. The van der Waals surface area contributed by atoms with E-state index in [4.69, 9.17) is 0 Å². The van der Waals surface area contributed by atoms with Crippen molar-refractivity contribution in [3.8, 4) is 5.69 Å². The van der Waals surface area contributed by atoms with Crippen molar-refractivity contribution >= 4 is 6.08 Å². The lowest BCUT2D eigenvalue weighted by Gasteiger charge is -2.10. The molecule has 90 valence electrons. The van der Waals surface area contributed by atoms with Gasteiger partial charge in [0.05, 0.1) is 17.6 Å². The zero-order valence-corrected chi connectivity index (χ0v) is 9.51. The van der Waals surface area contributed by atoms with Crippen LogP contribution in [0.3, 0.4) is 0 Å². The van der Waals surface area contributed by atoms with Gasteiger partial charge in [-0.15, -0.1) is 0 Å². The minimum atomic E-state index is -0.532. The van der Waals surface area contributed by atoms with Crippen molar-refractivity contribution in [2.45, 2.75) is 18.4 Å². The molecule has 2 aromatic rings. The van der Waals surface area contributed by atoms with E-state index in [-0.39, 0.29) is 5.82 Å². The Hall–Kier alpha value is -2.26. The van der Waals surface area contributed by atoms with Crippen LogP contribution in [0.2, 0.25) is 0 Å². The molecule has 0 amide bonds. The lowest BCUT2D eigenvalue weighted by molar-refractivity contribution is 0.555. The first-order valence-corrected chi connectivity index (χ1v) is 5.63. The second-order valence-electron chi connectivity index (χ2n) is 4.37. The average Bonchev–Trinajstić information content (AvgIpc) is 2.95. The van der Waals surface area contributed by atoms with Gasteiger partial charge in [-0.25, -0.2) is 14.2 Å². The molecule has 1 aliphatic rings. The number of imidazole rings is 1. The molecular formula is C13H10FN3O. The van der Waals surface area contributed by atoms with Gasteiger partial charge in [0.2, 0.25) is 6.08 Å². The van der Waals surface area contributed by atoms with E-state index in [1.807, 2.05) is 0 Å². The van der Waals surface area contributed by atoms with Gasteiger partial charge < -0.3 is 4.57 Å². The van der Waals surface area contributed by atoms with Gasteiger partial charge in [0.1, 0.15) is 5.82 Å². The Morgan fingerprint density at radius 1 is 1.44 bits per heavy atom. The zero-order valence-electron chi connectivity index (χ0n) is 9.51. The second-order valence-corrected chi connectivity index (χ2v) is 4.37. The van der Waals surface area contributed by atoms with Crippen molar-refractivity contribution in [3.63, 3.8) is 0 Å². The predicted molar refractivity (Wildman–Crippen MR) is 62.6 cm³/mol. The highest BCUT2D eigenvalue weighted by Crippen LogP contribution is 2.49. The van der Waals surface area contributed by atoms with E-state index in [0.29, 0.717) is 5.69 Å². The summed E-state index contributed by atoms with van der Waals surface area (Å²) in [6, 6.07) is 4.90. The summed E-state index contributed by atoms with van der Waals surface area (Å²) >= 11 is 0. The van der Waals surface area contributed by atoms with Crippen molar-refractivity contribution < 1.29 is 9.18 Å². The fraction of sp³-hybridized carbons (Fsp3) is 0.231. The van der Waals surface area contributed by atoms with Crippen LogP contribution >= 0.6 is 0 Å². The van der Waals surface area contributed by atoms with Crippen molar-refractivity contribution in [2.75, 3.05) is 0 Å². The first-order chi connectivity index (χ1) is 8.75. The maximum Gasteiger partial charge on any atom is 0.235 e. The number of rotatable bonds is 3. The highest BCUT2D eigenvalue weighted by Gasteiger charge is 2.45. The van der Waals surface area contributed by atoms with E-state index in [1.54, 1.807) is 35.2 Å². The summed E-state index contributed by atoms with van der Waals surface area (Å²) < 4.78 is 15.6. The largest absolute Gasteiger partial charge is 0.303 e. The van der Waals surface area contributed by atoms with E-state index in [9.17, 15) is 9.18 Å². The molecule has 0 spiro atoms. The van der Waals surface area contributed by atoms with Crippen LogP contribution in [-0.4, -0.2) is 15.6 Å². The Kier molecular flexibility index (Phi) is 2.35. The number of benzene rings is 1. The first-order valence-electron chi connectivity index (χ1n) is 5.63.